The average Bonchev–Trinajstić information content (AvgIpc) is 3.17. The minimum Gasteiger partial charge on any atom is -0.496 e. The fourth-order valence-corrected chi connectivity index (χ4v) is 3.11. The Labute approximate surface area is 172 Å². The van der Waals surface area contributed by atoms with Gasteiger partial charge in [-0.15, -0.1) is 0 Å². The van der Waals surface area contributed by atoms with Crippen molar-refractivity contribution >= 4 is 0 Å². The van der Waals surface area contributed by atoms with E-state index in [1.54, 1.807) is 31.0 Å². The highest BCUT2D eigenvalue weighted by atomic mass is 16.5. The van der Waals surface area contributed by atoms with E-state index in [0.717, 1.165) is 29.2 Å². The zero-order chi connectivity index (χ0) is 21.7. The van der Waals surface area contributed by atoms with Crippen molar-refractivity contribution in [1.29, 1.82) is 0 Å². The first-order chi connectivity index (χ1) is 13.8. The van der Waals surface area contributed by atoms with E-state index in [0.29, 0.717) is 23.0 Å². The Morgan fingerprint density at radius 1 is 1.21 bits per heavy atom. The fraction of sp³-hybridized carbons (Fsp3) is 0.409. The number of aryl methyl sites for hydroxylation is 2. The lowest BCUT2D eigenvalue weighted by Crippen LogP contribution is -2.24. The van der Waals surface area contributed by atoms with E-state index in [2.05, 4.69) is 23.9 Å². The first-order valence-corrected chi connectivity index (χ1v) is 9.75. The molecule has 0 aromatic carbocycles. The molecular formula is C22H31N5O2. The molecule has 156 valence electrons. The van der Waals surface area contributed by atoms with Crippen molar-refractivity contribution < 1.29 is 4.74 Å². The van der Waals surface area contributed by atoms with E-state index in [-0.39, 0.29) is 5.56 Å². The molecule has 0 aliphatic rings. The highest BCUT2D eigenvalue weighted by Gasteiger charge is 2.16. The van der Waals surface area contributed by atoms with Gasteiger partial charge >= 0.3 is 0 Å². The molecule has 29 heavy (non-hydrogen) atoms. The molecule has 0 saturated carbocycles. The molecule has 0 unspecified atom stereocenters. The van der Waals surface area contributed by atoms with Crippen molar-refractivity contribution in [3.8, 4) is 17.3 Å². The van der Waals surface area contributed by atoms with Gasteiger partial charge in [-0.3, -0.25) is 9.36 Å². The van der Waals surface area contributed by atoms with Crippen LogP contribution in [0.25, 0.3) is 11.5 Å². The molecule has 2 N–H and O–H groups in total. The lowest BCUT2D eigenvalue weighted by Gasteiger charge is -2.17. The van der Waals surface area contributed by atoms with Crippen LogP contribution in [0.4, 0.5) is 0 Å². The standard InChI is InChI=1S/C20H24N4O2.C2H7N/c1-12(2)16-7-8-22-24(16)19-10-17(13(3)11-21-19)23-14(4)9-18(26-6)15(5)20(23)25;1-2-3/h7-12H,1-6H3;2-3H2,1H3. The molecule has 3 aromatic rings. The third kappa shape index (κ3) is 4.56. The number of hydrogen-bond donors (Lipinski definition) is 1. The summed E-state index contributed by atoms with van der Waals surface area (Å²) in [6.07, 6.45) is 3.55. The number of aromatic nitrogens is 4. The van der Waals surface area contributed by atoms with Gasteiger partial charge in [-0.2, -0.15) is 5.10 Å². The number of methoxy groups -OCH3 is 1. The first-order valence-electron chi connectivity index (χ1n) is 9.75. The van der Waals surface area contributed by atoms with Gasteiger partial charge in [0.25, 0.3) is 5.56 Å². The van der Waals surface area contributed by atoms with Crippen LogP contribution >= 0.6 is 0 Å². The number of rotatable bonds is 4. The Morgan fingerprint density at radius 3 is 2.45 bits per heavy atom. The number of nitrogens with zero attached hydrogens (tertiary/aromatic N) is 4. The van der Waals surface area contributed by atoms with Gasteiger partial charge in [-0.1, -0.05) is 20.8 Å². The SMILES string of the molecule is CCN.COc1cc(C)n(-c2cc(-n3nccc3C(C)C)ncc2C)c(=O)c1C. The molecule has 0 radical (unpaired) electrons. The fourth-order valence-electron chi connectivity index (χ4n) is 3.11. The monoisotopic (exact) mass is 397 g/mol. The van der Waals surface area contributed by atoms with Crippen LogP contribution in [0.2, 0.25) is 0 Å². The zero-order valence-electron chi connectivity index (χ0n) is 18.4. The van der Waals surface area contributed by atoms with Crippen LogP contribution in [-0.4, -0.2) is 33.0 Å². The van der Waals surface area contributed by atoms with Gasteiger partial charge in [-0.25, -0.2) is 9.67 Å². The summed E-state index contributed by atoms with van der Waals surface area (Å²) in [6.45, 7) is 12.5. The Morgan fingerprint density at radius 2 is 1.86 bits per heavy atom. The molecule has 0 bridgehead atoms. The molecule has 3 rings (SSSR count). The van der Waals surface area contributed by atoms with E-state index in [1.165, 1.54) is 0 Å². The van der Waals surface area contributed by atoms with Crippen molar-refractivity contribution in [3.63, 3.8) is 0 Å². The summed E-state index contributed by atoms with van der Waals surface area (Å²) >= 11 is 0. The van der Waals surface area contributed by atoms with Gasteiger partial charge in [0.2, 0.25) is 0 Å². The summed E-state index contributed by atoms with van der Waals surface area (Å²) in [6, 6.07) is 5.78. The molecule has 3 aromatic heterocycles. The van der Waals surface area contributed by atoms with Gasteiger partial charge in [0.05, 0.1) is 18.4 Å². The maximum absolute atomic E-state index is 12.9. The third-order valence-electron chi connectivity index (χ3n) is 4.59. The molecular weight excluding hydrogens is 366 g/mol. The van der Waals surface area contributed by atoms with Crippen LogP contribution in [0.15, 0.2) is 35.4 Å². The van der Waals surface area contributed by atoms with Crippen LogP contribution in [0.5, 0.6) is 5.75 Å². The van der Waals surface area contributed by atoms with Crippen LogP contribution in [-0.2, 0) is 0 Å². The summed E-state index contributed by atoms with van der Waals surface area (Å²) in [7, 11) is 1.58. The molecule has 7 heteroatoms. The summed E-state index contributed by atoms with van der Waals surface area (Å²) in [5.41, 5.74) is 8.93. The van der Waals surface area contributed by atoms with E-state index >= 15 is 0 Å². The summed E-state index contributed by atoms with van der Waals surface area (Å²) < 4.78 is 8.84. The lowest BCUT2D eigenvalue weighted by molar-refractivity contribution is 0.409. The molecule has 3 heterocycles. The molecule has 0 saturated heterocycles. The van der Waals surface area contributed by atoms with E-state index in [4.69, 9.17) is 10.5 Å². The normalized spacial score (nSPS) is 10.7. The Balaban J connectivity index is 0.000000941. The molecule has 7 nitrogen and oxygen atoms in total. The maximum Gasteiger partial charge on any atom is 0.261 e. The molecule has 0 aliphatic heterocycles. The van der Waals surface area contributed by atoms with Crippen molar-refractivity contribution in [1.82, 2.24) is 19.3 Å². The Hall–Kier alpha value is -2.93. The average molecular weight is 398 g/mol. The smallest absolute Gasteiger partial charge is 0.261 e. The van der Waals surface area contributed by atoms with E-state index in [1.807, 2.05) is 43.7 Å². The topological polar surface area (TPSA) is 88.0 Å². The molecule has 0 atom stereocenters. The van der Waals surface area contributed by atoms with Crippen molar-refractivity contribution in [2.75, 3.05) is 13.7 Å². The molecule has 0 aliphatic carbocycles. The van der Waals surface area contributed by atoms with Crippen molar-refractivity contribution in [3.05, 3.63) is 63.5 Å². The van der Waals surface area contributed by atoms with Gasteiger partial charge < -0.3 is 10.5 Å². The highest BCUT2D eigenvalue weighted by Crippen LogP contribution is 2.23. The number of nitrogens with two attached hydrogens (primary N) is 1. The second-order valence-electron chi connectivity index (χ2n) is 7.18. The Kier molecular flexibility index (Phi) is 7.34. The summed E-state index contributed by atoms with van der Waals surface area (Å²) in [5, 5.41) is 4.41. The predicted molar refractivity (Wildman–Crippen MR) is 117 cm³/mol. The third-order valence-corrected chi connectivity index (χ3v) is 4.59. The van der Waals surface area contributed by atoms with Crippen LogP contribution in [0, 0.1) is 20.8 Å². The van der Waals surface area contributed by atoms with Crippen LogP contribution < -0.4 is 16.0 Å². The molecule has 0 fully saturated rings. The first kappa shape index (κ1) is 22.4. The van der Waals surface area contributed by atoms with E-state index in [9.17, 15) is 4.79 Å². The molecule has 0 spiro atoms. The van der Waals surface area contributed by atoms with Crippen LogP contribution in [0.3, 0.4) is 0 Å². The Bertz CT molecular complexity index is 1030. The van der Waals surface area contributed by atoms with Crippen LogP contribution in [0.1, 0.15) is 49.2 Å². The number of ether oxygens (including phenoxy) is 1. The summed E-state index contributed by atoms with van der Waals surface area (Å²) in [4.78, 5) is 17.5. The number of pyridine rings is 2. The van der Waals surface area contributed by atoms with E-state index < -0.39 is 0 Å². The highest BCUT2D eigenvalue weighted by molar-refractivity contribution is 5.48. The van der Waals surface area contributed by atoms with Crippen molar-refractivity contribution in [2.45, 2.75) is 47.5 Å². The van der Waals surface area contributed by atoms with Crippen molar-refractivity contribution in [2.24, 2.45) is 5.73 Å². The van der Waals surface area contributed by atoms with Gasteiger partial charge in [0, 0.05) is 35.9 Å². The summed E-state index contributed by atoms with van der Waals surface area (Å²) in [5.74, 6) is 1.61. The molecule has 0 amide bonds. The van der Waals surface area contributed by atoms with Gasteiger partial charge in [0.15, 0.2) is 5.82 Å². The maximum atomic E-state index is 12.9. The number of hydrogen-bond acceptors (Lipinski definition) is 5. The minimum atomic E-state index is -0.0911. The van der Waals surface area contributed by atoms with Gasteiger partial charge in [-0.05, 0) is 44.9 Å². The zero-order valence-corrected chi connectivity index (χ0v) is 18.4. The lowest BCUT2D eigenvalue weighted by atomic mass is 10.1. The quantitative estimate of drug-likeness (QED) is 0.728. The largest absolute Gasteiger partial charge is 0.496 e. The second-order valence-corrected chi connectivity index (χ2v) is 7.18. The van der Waals surface area contributed by atoms with Gasteiger partial charge in [0.1, 0.15) is 5.75 Å². The minimum absolute atomic E-state index is 0.0911. The predicted octanol–water partition coefficient (Wildman–Crippen LogP) is 3.44. The second kappa shape index (κ2) is 9.52.